The molecule has 0 aliphatic heterocycles. The van der Waals surface area contributed by atoms with E-state index in [0.717, 1.165) is 0 Å². The first-order valence-corrected chi connectivity index (χ1v) is 3.03. The molecule has 1 aliphatic rings. The number of Topliss-reactive ketones (excluding diaryl/α,β-unsaturated/α-hetero) is 1. The van der Waals surface area contributed by atoms with Crippen molar-refractivity contribution in [1.29, 1.82) is 5.41 Å². The van der Waals surface area contributed by atoms with Gasteiger partial charge in [0, 0.05) is 6.92 Å². The Morgan fingerprint density at radius 2 is 2.30 bits per heavy atom. The summed E-state index contributed by atoms with van der Waals surface area (Å²) in [6.07, 6.45) is 6.53. The highest BCUT2D eigenvalue weighted by Gasteiger charge is 2.12. The van der Waals surface area contributed by atoms with Crippen LogP contribution in [0.15, 0.2) is 23.8 Å². The second kappa shape index (κ2) is 2.52. The van der Waals surface area contributed by atoms with E-state index in [4.69, 9.17) is 5.41 Å². The lowest BCUT2D eigenvalue weighted by Gasteiger charge is -1.92. The van der Waals surface area contributed by atoms with Crippen molar-refractivity contribution < 1.29 is 4.79 Å². The number of allylic oxidation sites excluding steroid dienone is 4. The highest BCUT2D eigenvalue weighted by molar-refractivity contribution is 6.07. The lowest BCUT2D eigenvalue weighted by molar-refractivity contribution is -0.113. The topological polar surface area (TPSA) is 40.9 Å². The largest absolute Gasteiger partial charge is 0.279 e. The predicted molar refractivity (Wildman–Crippen MR) is 39.9 cm³/mol. The van der Waals surface area contributed by atoms with Crippen molar-refractivity contribution in [3.05, 3.63) is 30.2 Å². The van der Waals surface area contributed by atoms with Crippen molar-refractivity contribution in [2.45, 2.75) is 6.92 Å². The molecule has 0 fully saturated rings. The summed E-state index contributed by atoms with van der Waals surface area (Å²) in [5, 5.41) is 7.12. The Morgan fingerprint density at radius 1 is 1.60 bits per heavy atom. The fraction of sp³-hybridized carbons (Fsp3) is 0.125. The quantitative estimate of drug-likeness (QED) is 0.539. The first-order valence-electron chi connectivity index (χ1n) is 3.03. The number of carbonyl (C=O) groups excluding carboxylic acids is 1. The van der Waals surface area contributed by atoms with Crippen molar-refractivity contribution in [2.24, 2.45) is 0 Å². The normalized spacial score (nSPS) is 16.1. The van der Waals surface area contributed by atoms with Gasteiger partial charge >= 0.3 is 0 Å². The van der Waals surface area contributed by atoms with Crippen molar-refractivity contribution >= 4 is 11.5 Å². The fourth-order valence-electron chi connectivity index (χ4n) is 0.705. The minimum absolute atomic E-state index is 0.0417. The molecular formula is C8H8NO+. The number of ketones is 1. The molecule has 0 saturated carbocycles. The van der Waals surface area contributed by atoms with E-state index in [9.17, 15) is 4.79 Å². The standard InChI is InChI=1S/C8H8NO/c1-6(10)7-2-4-8(9)5-3-7/h2-5,9H,1H3/q+1. The molecule has 0 saturated heterocycles. The van der Waals surface area contributed by atoms with Crippen LogP contribution in [0.3, 0.4) is 0 Å². The fourth-order valence-corrected chi connectivity index (χ4v) is 0.705. The van der Waals surface area contributed by atoms with Gasteiger partial charge in [0.05, 0.1) is 24.6 Å². The van der Waals surface area contributed by atoms with E-state index >= 15 is 0 Å². The summed E-state index contributed by atoms with van der Waals surface area (Å²) in [6.45, 7) is 1.51. The summed E-state index contributed by atoms with van der Waals surface area (Å²) in [4.78, 5) is 10.7. The Bertz CT molecular complexity index is 236. The third-order valence-electron chi connectivity index (χ3n) is 1.29. The van der Waals surface area contributed by atoms with Crippen molar-refractivity contribution in [2.75, 3.05) is 0 Å². The van der Waals surface area contributed by atoms with Crippen LogP contribution in [-0.4, -0.2) is 11.5 Å². The van der Waals surface area contributed by atoms with E-state index in [2.05, 4.69) is 0 Å². The Labute approximate surface area is 59.8 Å². The maximum atomic E-state index is 10.7. The molecule has 1 rings (SSSR count). The Balaban J connectivity index is 2.77. The molecule has 0 aromatic carbocycles. The van der Waals surface area contributed by atoms with Gasteiger partial charge in [0.15, 0.2) is 5.71 Å². The molecule has 1 N–H and O–H groups in total. The number of hydrogen-bond donors (Lipinski definition) is 1. The average molecular weight is 134 g/mol. The molecule has 0 radical (unpaired) electrons. The van der Waals surface area contributed by atoms with Crippen LogP contribution >= 0.6 is 0 Å². The zero-order valence-electron chi connectivity index (χ0n) is 5.72. The van der Waals surface area contributed by atoms with Gasteiger partial charge in [-0.05, 0) is 0 Å². The summed E-state index contributed by atoms with van der Waals surface area (Å²) >= 11 is 0. The van der Waals surface area contributed by atoms with Crippen LogP contribution in [-0.2, 0) is 4.79 Å². The molecule has 0 amide bonds. The van der Waals surface area contributed by atoms with Gasteiger partial charge in [0.1, 0.15) is 5.57 Å². The van der Waals surface area contributed by atoms with Gasteiger partial charge in [0.25, 0.3) is 0 Å². The minimum atomic E-state index is 0.0417. The Hall–Kier alpha value is -1.31. The van der Waals surface area contributed by atoms with Crippen molar-refractivity contribution in [1.82, 2.24) is 0 Å². The van der Waals surface area contributed by atoms with Gasteiger partial charge in [-0.15, -0.1) is 0 Å². The second-order valence-electron chi connectivity index (χ2n) is 2.13. The van der Waals surface area contributed by atoms with E-state index < -0.39 is 0 Å². The van der Waals surface area contributed by atoms with Gasteiger partial charge in [0.2, 0.25) is 5.78 Å². The van der Waals surface area contributed by atoms with Crippen LogP contribution < -0.4 is 0 Å². The van der Waals surface area contributed by atoms with E-state index in [1.807, 2.05) is 0 Å². The van der Waals surface area contributed by atoms with Crippen LogP contribution in [0.2, 0.25) is 0 Å². The lowest BCUT2D eigenvalue weighted by Crippen LogP contribution is -2.01. The van der Waals surface area contributed by atoms with Gasteiger partial charge in [-0.2, -0.15) is 0 Å². The molecule has 1 aliphatic carbocycles. The molecule has 2 nitrogen and oxygen atoms in total. The van der Waals surface area contributed by atoms with Crippen molar-refractivity contribution in [3.8, 4) is 0 Å². The molecule has 0 aromatic rings. The summed E-state index contributed by atoms with van der Waals surface area (Å²) in [5.41, 5.74) is 1.10. The first-order chi connectivity index (χ1) is 4.70. The molecule has 0 bridgehead atoms. The van der Waals surface area contributed by atoms with Gasteiger partial charge < -0.3 is 0 Å². The predicted octanol–water partition coefficient (Wildman–Crippen LogP) is 1.30. The smallest absolute Gasteiger partial charge is 0.214 e. The minimum Gasteiger partial charge on any atom is -0.279 e. The second-order valence-corrected chi connectivity index (χ2v) is 2.13. The zero-order valence-corrected chi connectivity index (χ0v) is 5.72. The summed E-state index contributed by atoms with van der Waals surface area (Å²) < 4.78 is 0. The SMILES string of the molecule is CC(=O)C1=C[CH+]C(=N)C=C1. The van der Waals surface area contributed by atoms with Crippen LogP contribution in [0.25, 0.3) is 0 Å². The third kappa shape index (κ3) is 1.35. The summed E-state index contributed by atoms with van der Waals surface area (Å²) in [7, 11) is 0. The molecule has 0 atom stereocenters. The Morgan fingerprint density at radius 3 is 2.70 bits per heavy atom. The molecule has 10 heavy (non-hydrogen) atoms. The van der Waals surface area contributed by atoms with Crippen LogP contribution in [0.1, 0.15) is 6.92 Å². The molecule has 2 heteroatoms. The molecule has 50 valence electrons. The van der Waals surface area contributed by atoms with E-state index in [1.165, 1.54) is 6.92 Å². The average Bonchev–Trinajstić information content (AvgIpc) is 1.88. The highest BCUT2D eigenvalue weighted by atomic mass is 16.1. The zero-order chi connectivity index (χ0) is 7.56. The molecule has 0 aromatic heterocycles. The highest BCUT2D eigenvalue weighted by Crippen LogP contribution is 2.06. The number of carbonyl (C=O) groups is 1. The lowest BCUT2D eigenvalue weighted by atomic mass is 10.0. The Kier molecular flexibility index (Phi) is 1.71. The van der Waals surface area contributed by atoms with Crippen molar-refractivity contribution in [3.63, 3.8) is 0 Å². The number of hydrogen-bond acceptors (Lipinski definition) is 2. The maximum absolute atomic E-state index is 10.7. The van der Waals surface area contributed by atoms with E-state index in [0.29, 0.717) is 11.3 Å². The molecule has 0 unspecified atom stereocenters. The van der Waals surface area contributed by atoms with Crippen LogP contribution in [0.5, 0.6) is 0 Å². The first kappa shape index (κ1) is 6.81. The molecular weight excluding hydrogens is 126 g/mol. The van der Waals surface area contributed by atoms with E-state index in [1.54, 1.807) is 24.6 Å². The van der Waals surface area contributed by atoms with Gasteiger partial charge in [-0.3, -0.25) is 10.2 Å². The molecule has 0 heterocycles. The van der Waals surface area contributed by atoms with Gasteiger partial charge in [-0.25, -0.2) is 0 Å². The number of nitrogens with one attached hydrogen (secondary N) is 1. The number of rotatable bonds is 1. The summed E-state index contributed by atoms with van der Waals surface area (Å²) in [5.74, 6) is 0.0417. The molecule has 0 spiro atoms. The summed E-state index contributed by atoms with van der Waals surface area (Å²) in [6, 6.07) is 0. The third-order valence-corrected chi connectivity index (χ3v) is 1.29. The van der Waals surface area contributed by atoms with Crippen LogP contribution in [0, 0.1) is 11.8 Å². The van der Waals surface area contributed by atoms with Crippen LogP contribution in [0.4, 0.5) is 0 Å². The van der Waals surface area contributed by atoms with Gasteiger partial charge in [-0.1, -0.05) is 0 Å². The monoisotopic (exact) mass is 134 g/mol. The van der Waals surface area contributed by atoms with E-state index in [-0.39, 0.29) is 5.78 Å². The maximum Gasteiger partial charge on any atom is 0.214 e.